The Balaban J connectivity index is 1.98. The fourth-order valence-corrected chi connectivity index (χ4v) is 1.92. The predicted molar refractivity (Wildman–Crippen MR) is 76.2 cm³/mol. The SMILES string of the molecule is COC(=O)C(NC(=O)CCn1ccnc1)c1ccccc1. The van der Waals surface area contributed by atoms with Gasteiger partial charge in [-0.25, -0.2) is 9.78 Å². The molecule has 1 heterocycles. The summed E-state index contributed by atoms with van der Waals surface area (Å²) >= 11 is 0. The van der Waals surface area contributed by atoms with Crippen molar-refractivity contribution in [1.82, 2.24) is 14.9 Å². The average Bonchev–Trinajstić information content (AvgIpc) is 3.04. The first kappa shape index (κ1) is 14.8. The summed E-state index contributed by atoms with van der Waals surface area (Å²) in [6.07, 6.45) is 5.33. The van der Waals surface area contributed by atoms with Crippen molar-refractivity contribution in [2.45, 2.75) is 19.0 Å². The molecule has 0 aliphatic carbocycles. The number of ether oxygens (including phenoxy) is 1. The Labute approximate surface area is 122 Å². The lowest BCUT2D eigenvalue weighted by Gasteiger charge is -2.17. The van der Waals surface area contributed by atoms with Gasteiger partial charge in [0.25, 0.3) is 0 Å². The van der Waals surface area contributed by atoms with E-state index in [1.54, 1.807) is 35.4 Å². The van der Waals surface area contributed by atoms with Crippen molar-refractivity contribution in [2.24, 2.45) is 0 Å². The molecular weight excluding hydrogens is 270 g/mol. The topological polar surface area (TPSA) is 73.2 Å². The van der Waals surface area contributed by atoms with Gasteiger partial charge in [-0.1, -0.05) is 30.3 Å². The highest BCUT2D eigenvalue weighted by Crippen LogP contribution is 2.14. The summed E-state index contributed by atoms with van der Waals surface area (Å²) in [4.78, 5) is 27.7. The van der Waals surface area contributed by atoms with Crippen LogP contribution in [0.2, 0.25) is 0 Å². The fraction of sp³-hybridized carbons (Fsp3) is 0.267. The number of nitrogens with one attached hydrogen (secondary N) is 1. The third-order valence-electron chi connectivity index (χ3n) is 3.03. The van der Waals surface area contributed by atoms with Crippen LogP contribution in [0.25, 0.3) is 0 Å². The first-order chi connectivity index (χ1) is 10.2. The third-order valence-corrected chi connectivity index (χ3v) is 3.03. The second-order valence-corrected chi connectivity index (χ2v) is 4.48. The minimum absolute atomic E-state index is 0.219. The molecule has 0 spiro atoms. The molecule has 0 bridgehead atoms. The minimum atomic E-state index is -0.786. The lowest BCUT2D eigenvalue weighted by atomic mass is 10.1. The van der Waals surface area contributed by atoms with Gasteiger partial charge in [0.05, 0.1) is 13.4 Å². The van der Waals surface area contributed by atoms with Gasteiger partial charge in [-0.3, -0.25) is 4.79 Å². The molecule has 2 aromatic rings. The summed E-state index contributed by atoms with van der Waals surface area (Å²) in [5.74, 6) is -0.708. The van der Waals surface area contributed by atoms with E-state index >= 15 is 0 Å². The number of aryl methyl sites for hydroxylation is 1. The van der Waals surface area contributed by atoms with Crippen LogP contribution in [0.3, 0.4) is 0 Å². The van der Waals surface area contributed by atoms with Crippen molar-refractivity contribution < 1.29 is 14.3 Å². The Morgan fingerprint density at radius 1 is 1.33 bits per heavy atom. The van der Waals surface area contributed by atoms with Crippen LogP contribution in [-0.2, 0) is 20.9 Å². The smallest absolute Gasteiger partial charge is 0.333 e. The first-order valence-electron chi connectivity index (χ1n) is 6.58. The van der Waals surface area contributed by atoms with Crippen LogP contribution in [-0.4, -0.2) is 28.5 Å². The van der Waals surface area contributed by atoms with Gasteiger partial charge in [-0.15, -0.1) is 0 Å². The maximum atomic E-state index is 12.0. The van der Waals surface area contributed by atoms with Crippen LogP contribution in [0.4, 0.5) is 0 Å². The molecule has 0 radical (unpaired) electrons. The minimum Gasteiger partial charge on any atom is -0.467 e. The van der Waals surface area contributed by atoms with E-state index in [1.807, 2.05) is 18.2 Å². The van der Waals surface area contributed by atoms with Crippen LogP contribution in [0.15, 0.2) is 49.1 Å². The predicted octanol–water partition coefficient (Wildman–Crippen LogP) is 1.30. The van der Waals surface area contributed by atoms with Gasteiger partial charge in [0.15, 0.2) is 6.04 Å². The van der Waals surface area contributed by atoms with Gasteiger partial charge >= 0.3 is 5.97 Å². The number of hydrogen-bond acceptors (Lipinski definition) is 4. The van der Waals surface area contributed by atoms with Gasteiger partial charge < -0.3 is 14.6 Å². The largest absolute Gasteiger partial charge is 0.467 e. The number of aromatic nitrogens is 2. The van der Waals surface area contributed by atoms with E-state index in [2.05, 4.69) is 10.3 Å². The number of rotatable bonds is 6. The number of benzene rings is 1. The number of carbonyl (C=O) groups excluding carboxylic acids is 2. The standard InChI is InChI=1S/C15H17N3O3/c1-21-15(20)14(12-5-3-2-4-6-12)17-13(19)7-9-18-10-8-16-11-18/h2-6,8,10-11,14H,7,9H2,1H3,(H,17,19). The molecule has 1 atom stereocenters. The quantitative estimate of drug-likeness (QED) is 0.813. The Morgan fingerprint density at radius 2 is 2.10 bits per heavy atom. The highest BCUT2D eigenvalue weighted by atomic mass is 16.5. The Hall–Kier alpha value is -2.63. The van der Waals surface area contributed by atoms with Crippen molar-refractivity contribution in [3.05, 3.63) is 54.6 Å². The molecule has 1 aromatic heterocycles. The highest BCUT2D eigenvalue weighted by Gasteiger charge is 2.22. The van der Waals surface area contributed by atoms with Crippen molar-refractivity contribution in [3.63, 3.8) is 0 Å². The summed E-state index contributed by atoms with van der Waals surface area (Å²) in [6, 6.07) is 8.23. The summed E-state index contributed by atoms with van der Waals surface area (Å²) in [6.45, 7) is 0.508. The lowest BCUT2D eigenvalue weighted by Crippen LogP contribution is -2.34. The number of imidazole rings is 1. The molecule has 1 unspecified atom stereocenters. The Morgan fingerprint density at radius 3 is 2.71 bits per heavy atom. The molecular formula is C15H17N3O3. The van der Waals surface area contributed by atoms with E-state index in [-0.39, 0.29) is 12.3 Å². The van der Waals surface area contributed by atoms with Gasteiger partial charge in [0.1, 0.15) is 0 Å². The molecule has 6 heteroatoms. The normalized spacial score (nSPS) is 11.7. The molecule has 21 heavy (non-hydrogen) atoms. The molecule has 1 N–H and O–H groups in total. The second-order valence-electron chi connectivity index (χ2n) is 4.48. The fourth-order valence-electron chi connectivity index (χ4n) is 1.92. The molecule has 2 rings (SSSR count). The molecule has 0 aliphatic heterocycles. The Kier molecular flexibility index (Phi) is 5.09. The van der Waals surface area contributed by atoms with E-state index in [0.29, 0.717) is 12.1 Å². The van der Waals surface area contributed by atoms with Crippen LogP contribution in [0, 0.1) is 0 Å². The number of methoxy groups -OCH3 is 1. The van der Waals surface area contributed by atoms with Crippen LogP contribution >= 0.6 is 0 Å². The van der Waals surface area contributed by atoms with Crippen LogP contribution in [0.1, 0.15) is 18.0 Å². The van der Waals surface area contributed by atoms with E-state index in [1.165, 1.54) is 7.11 Å². The molecule has 110 valence electrons. The Bertz CT molecular complexity index is 581. The zero-order valence-electron chi connectivity index (χ0n) is 11.7. The maximum absolute atomic E-state index is 12.0. The monoisotopic (exact) mass is 287 g/mol. The second kappa shape index (κ2) is 7.23. The maximum Gasteiger partial charge on any atom is 0.333 e. The average molecular weight is 287 g/mol. The lowest BCUT2D eigenvalue weighted by molar-refractivity contribution is -0.145. The highest BCUT2D eigenvalue weighted by molar-refractivity contribution is 5.85. The first-order valence-corrected chi connectivity index (χ1v) is 6.58. The molecule has 0 fully saturated rings. The van der Waals surface area contributed by atoms with Crippen molar-refractivity contribution in [3.8, 4) is 0 Å². The van der Waals surface area contributed by atoms with E-state index < -0.39 is 12.0 Å². The van der Waals surface area contributed by atoms with Crippen molar-refractivity contribution in [1.29, 1.82) is 0 Å². The van der Waals surface area contributed by atoms with Crippen LogP contribution in [0.5, 0.6) is 0 Å². The van der Waals surface area contributed by atoms with E-state index in [9.17, 15) is 9.59 Å². The van der Waals surface area contributed by atoms with Crippen LogP contribution < -0.4 is 5.32 Å². The zero-order valence-corrected chi connectivity index (χ0v) is 11.7. The van der Waals surface area contributed by atoms with Crippen molar-refractivity contribution >= 4 is 11.9 Å². The van der Waals surface area contributed by atoms with Gasteiger partial charge in [-0.05, 0) is 5.56 Å². The molecule has 0 saturated heterocycles. The third kappa shape index (κ3) is 4.17. The van der Waals surface area contributed by atoms with Gasteiger partial charge in [0, 0.05) is 25.4 Å². The number of nitrogens with zero attached hydrogens (tertiary/aromatic N) is 2. The van der Waals surface area contributed by atoms with Gasteiger partial charge in [-0.2, -0.15) is 0 Å². The number of hydrogen-bond donors (Lipinski definition) is 1. The van der Waals surface area contributed by atoms with E-state index in [0.717, 1.165) is 0 Å². The molecule has 1 amide bonds. The molecule has 0 aliphatic rings. The number of amides is 1. The zero-order chi connectivity index (χ0) is 15.1. The van der Waals surface area contributed by atoms with Crippen molar-refractivity contribution in [2.75, 3.05) is 7.11 Å². The number of esters is 1. The summed E-state index contributed by atoms with van der Waals surface area (Å²) in [5.41, 5.74) is 0.695. The molecule has 0 saturated carbocycles. The summed E-state index contributed by atoms with van der Waals surface area (Å²) in [5, 5.41) is 2.70. The molecule has 1 aromatic carbocycles. The molecule has 6 nitrogen and oxygen atoms in total. The summed E-state index contributed by atoms with van der Waals surface area (Å²) < 4.78 is 6.55. The summed E-state index contributed by atoms with van der Waals surface area (Å²) in [7, 11) is 1.30. The number of carbonyl (C=O) groups is 2. The van der Waals surface area contributed by atoms with E-state index in [4.69, 9.17) is 4.74 Å². The van der Waals surface area contributed by atoms with Gasteiger partial charge in [0.2, 0.25) is 5.91 Å².